The number of nitrogens with one attached hydrogen (secondary N) is 2. The van der Waals surface area contributed by atoms with E-state index in [1.807, 2.05) is 35.7 Å². The predicted octanol–water partition coefficient (Wildman–Crippen LogP) is 5.97. The maximum absolute atomic E-state index is 6.36. The number of thiazole rings is 1. The number of hydrogen-bond acceptors (Lipinski definition) is 6. The third-order valence-electron chi connectivity index (χ3n) is 4.13. The van der Waals surface area contributed by atoms with E-state index >= 15 is 0 Å². The number of rotatable bonds is 7. The Balaban J connectivity index is 1.54. The zero-order valence-corrected chi connectivity index (χ0v) is 17.2. The van der Waals surface area contributed by atoms with Crippen LogP contribution < -0.4 is 10.6 Å². The van der Waals surface area contributed by atoms with Crippen molar-refractivity contribution >= 4 is 56.4 Å². The van der Waals surface area contributed by atoms with Crippen LogP contribution in [-0.2, 0) is 0 Å². The summed E-state index contributed by atoms with van der Waals surface area (Å²) in [6, 6.07) is 13.3. The first kappa shape index (κ1) is 18.9. The van der Waals surface area contributed by atoms with Crippen molar-refractivity contribution in [2.24, 2.45) is 0 Å². The fraction of sp³-hybridized carbons (Fsp3) is 0.150. The first-order valence-corrected chi connectivity index (χ1v) is 10.4. The molecule has 0 aliphatic heterocycles. The maximum Gasteiger partial charge on any atom is 0.182 e. The van der Waals surface area contributed by atoms with E-state index in [2.05, 4.69) is 20.6 Å². The molecule has 0 amide bonds. The number of nitrogens with zero attached hydrogens (tertiary/aromatic N) is 3. The molecule has 5 nitrogen and oxygen atoms in total. The number of anilines is 2. The maximum atomic E-state index is 6.36. The highest BCUT2D eigenvalue weighted by atomic mass is 35.5. The highest BCUT2D eigenvalue weighted by Gasteiger charge is 2.12. The van der Waals surface area contributed by atoms with Gasteiger partial charge in [0.1, 0.15) is 5.82 Å². The smallest absolute Gasteiger partial charge is 0.182 e. The molecule has 0 radical (unpaired) electrons. The number of halogens is 2. The van der Waals surface area contributed by atoms with Crippen molar-refractivity contribution in [3.05, 3.63) is 64.1 Å². The second kappa shape index (κ2) is 8.73. The Morgan fingerprint density at radius 2 is 1.82 bits per heavy atom. The van der Waals surface area contributed by atoms with Crippen LogP contribution >= 0.6 is 34.5 Å². The Kier molecular flexibility index (Phi) is 5.90. The summed E-state index contributed by atoms with van der Waals surface area (Å²) in [5.41, 5.74) is 1.62. The van der Waals surface area contributed by atoms with E-state index in [-0.39, 0.29) is 0 Å². The van der Waals surface area contributed by atoms with Crippen molar-refractivity contribution in [3.8, 4) is 11.4 Å². The highest BCUT2D eigenvalue weighted by Crippen LogP contribution is 2.31. The molecule has 2 N–H and O–H groups in total. The van der Waals surface area contributed by atoms with E-state index in [9.17, 15) is 0 Å². The minimum Gasteiger partial charge on any atom is -0.369 e. The van der Waals surface area contributed by atoms with Crippen LogP contribution in [0.25, 0.3) is 22.3 Å². The molecule has 2 aromatic carbocycles. The van der Waals surface area contributed by atoms with Crippen LogP contribution in [0.2, 0.25) is 10.0 Å². The summed E-state index contributed by atoms with van der Waals surface area (Å²) in [6.07, 6.45) is 2.72. The molecule has 8 heteroatoms. The summed E-state index contributed by atoms with van der Waals surface area (Å²) < 4.78 is 0. The largest absolute Gasteiger partial charge is 0.369 e. The molecule has 0 unspecified atom stereocenters. The van der Waals surface area contributed by atoms with E-state index in [4.69, 9.17) is 28.2 Å². The normalized spacial score (nSPS) is 10.9. The molecule has 0 saturated heterocycles. The van der Waals surface area contributed by atoms with Gasteiger partial charge in [-0.2, -0.15) is 0 Å². The van der Waals surface area contributed by atoms with Gasteiger partial charge in [0.2, 0.25) is 0 Å². The molecule has 0 aliphatic rings. The lowest BCUT2D eigenvalue weighted by molar-refractivity contribution is 0.903. The van der Waals surface area contributed by atoms with Crippen LogP contribution in [0.15, 0.2) is 54.0 Å². The quantitative estimate of drug-likeness (QED) is 0.354. The standard InChI is InChI=1S/C20H17Cl2N5S/c21-13-6-7-14(16(22)12-13)19-26-17-5-2-1-4-15(17)18(27-19)23-8-3-9-24-20-25-10-11-28-20/h1-2,4-7,10-12H,3,8-9H2,(H,24,25)(H,23,26,27). The average Bonchev–Trinajstić information content (AvgIpc) is 3.21. The molecule has 4 rings (SSSR count). The molecular formula is C20H17Cl2N5S. The Hall–Kier alpha value is -2.41. The second-order valence-corrected chi connectivity index (χ2v) is 7.82. The number of fused-ring (bicyclic) bond motifs is 1. The van der Waals surface area contributed by atoms with E-state index < -0.39 is 0 Å². The Morgan fingerprint density at radius 3 is 2.64 bits per heavy atom. The van der Waals surface area contributed by atoms with Crippen LogP contribution in [0.1, 0.15) is 6.42 Å². The topological polar surface area (TPSA) is 62.7 Å². The molecule has 2 aromatic heterocycles. The number of para-hydroxylation sites is 1. The van der Waals surface area contributed by atoms with Gasteiger partial charge in [-0.1, -0.05) is 35.3 Å². The van der Waals surface area contributed by atoms with E-state index in [1.165, 1.54) is 0 Å². The molecule has 4 aromatic rings. The van der Waals surface area contributed by atoms with E-state index in [0.717, 1.165) is 46.9 Å². The molecule has 0 atom stereocenters. The zero-order chi connectivity index (χ0) is 19.3. The van der Waals surface area contributed by atoms with Gasteiger partial charge >= 0.3 is 0 Å². The van der Waals surface area contributed by atoms with Gasteiger partial charge in [-0.3, -0.25) is 0 Å². The summed E-state index contributed by atoms with van der Waals surface area (Å²) in [4.78, 5) is 13.6. The van der Waals surface area contributed by atoms with Crippen molar-refractivity contribution in [1.82, 2.24) is 15.0 Å². The lowest BCUT2D eigenvalue weighted by Crippen LogP contribution is -2.10. The van der Waals surface area contributed by atoms with E-state index in [0.29, 0.717) is 15.9 Å². The van der Waals surface area contributed by atoms with Crippen LogP contribution in [0.3, 0.4) is 0 Å². The fourth-order valence-electron chi connectivity index (χ4n) is 2.80. The summed E-state index contributed by atoms with van der Waals surface area (Å²) in [6.45, 7) is 1.60. The summed E-state index contributed by atoms with van der Waals surface area (Å²) >= 11 is 14.0. The molecule has 142 valence electrons. The summed E-state index contributed by atoms with van der Waals surface area (Å²) in [5.74, 6) is 1.37. The van der Waals surface area contributed by atoms with Gasteiger partial charge in [0, 0.05) is 40.6 Å². The summed E-state index contributed by atoms with van der Waals surface area (Å²) in [5, 5.41) is 11.7. The molecule has 28 heavy (non-hydrogen) atoms. The first-order valence-electron chi connectivity index (χ1n) is 8.80. The minimum absolute atomic E-state index is 0.529. The Bertz CT molecular complexity index is 1090. The number of hydrogen-bond donors (Lipinski definition) is 2. The highest BCUT2D eigenvalue weighted by molar-refractivity contribution is 7.13. The first-order chi connectivity index (χ1) is 13.7. The van der Waals surface area contributed by atoms with Crippen molar-refractivity contribution in [2.75, 3.05) is 23.7 Å². The zero-order valence-electron chi connectivity index (χ0n) is 14.8. The second-order valence-electron chi connectivity index (χ2n) is 6.08. The summed E-state index contributed by atoms with van der Waals surface area (Å²) in [7, 11) is 0. The predicted molar refractivity (Wildman–Crippen MR) is 119 cm³/mol. The average molecular weight is 430 g/mol. The lowest BCUT2D eigenvalue weighted by atomic mass is 10.1. The van der Waals surface area contributed by atoms with Crippen molar-refractivity contribution in [1.29, 1.82) is 0 Å². The Labute approximate surface area is 176 Å². The van der Waals surface area contributed by atoms with Crippen LogP contribution in [0.4, 0.5) is 10.9 Å². The molecular weight excluding hydrogens is 413 g/mol. The molecule has 0 aliphatic carbocycles. The molecule has 2 heterocycles. The minimum atomic E-state index is 0.529. The van der Waals surface area contributed by atoms with Gasteiger partial charge in [0.15, 0.2) is 11.0 Å². The monoisotopic (exact) mass is 429 g/mol. The van der Waals surface area contributed by atoms with Gasteiger partial charge in [0.25, 0.3) is 0 Å². The van der Waals surface area contributed by atoms with Crippen molar-refractivity contribution in [3.63, 3.8) is 0 Å². The Morgan fingerprint density at radius 1 is 0.964 bits per heavy atom. The lowest BCUT2D eigenvalue weighted by Gasteiger charge is -2.12. The number of benzene rings is 2. The van der Waals surface area contributed by atoms with Crippen LogP contribution in [0, 0.1) is 0 Å². The molecule has 0 fully saturated rings. The molecule has 0 bridgehead atoms. The third-order valence-corrected chi connectivity index (χ3v) is 5.41. The van der Waals surface area contributed by atoms with Crippen molar-refractivity contribution < 1.29 is 0 Å². The van der Waals surface area contributed by atoms with E-state index in [1.54, 1.807) is 29.7 Å². The fourth-order valence-corrected chi connectivity index (χ4v) is 3.85. The SMILES string of the molecule is Clc1ccc(-c2nc(NCCCNc3nccs3)c3ccccc3n2)c(Cl)c1. The van der Waals surface area contributed by atoms with Gasteiger partial charge < -0.3 is 10.6 Å². The van der Waals surface area contributed by atoms with Crippen molar-refractivity contribution in [2.45, 2.75) is 6.42 Å². The van der Waals surface area contributed by atoms with Crippen LogP contribution in [0.5, 0.6) is 0 Å². The van der Waals surface area contributed by atoms with Gasteiger partial charge in [-0.05, 0) is 36.8 Å². The molecule has 0 saturated carbocycles. The van der Waals surface area contributed by atoms with Gasteiger partial charge in [-0.25, -0.2) is 15.0 Å². The van der Waals surface area contributed by atoms with Crippen LogP contribution in [-0.4, -0.2) is 28.0 Å². The van der Waals surface area contributed by atoms with Gasteiger partial charge in [0.05, 0.1) is 10.5 Å². The molecule has 0 spiro atoms. The number of aromatic nitrogens is 3. The third kappa shape index (κ3) is 4.35. The van der Waals surface area contributed by atoms with Gasteiger partial charge in [-0.15, -0.1) is 11.3 Å².